The van der Waals surface area contributed by atoms with Gasteiger partial charge in [-0.1, -0.05) is 12.1 Å². The van der Waals surface area contributed by atoms with E-state index in [0.717, 1.165) is 5.69 Å². The number of nitrogens with zero attached hydrogens (tertiary/aromatic N) is 2. The van der Waals surface area contributed by atoms with Crippen molar-refractivity contribution >= 4 is 22.5 Å². The van der Waals surface area contributed by atoms with Crippen LogP contribution in [0.15, 0.2) is 29.6 Å². The fourth-order valence-electron chi connectivity index (χ4n) is 2.53. The van der Waals surface area contributed by atoms with Crippen LogP contribution in [0.2, 0.25) is 0 Å². The summed E-state index contributed by atoms with van der Waals surface area (Å²) in [5.74, 6) is -0.409. The Morgan fingerprint density at radius 2 is 2.08 bits per heavy atom. The van der Waals surface area contributed by atoms with E-state index < -0.39 is 18.2 Å². The minimum atomic E-state index is -4.80. The Bertz CT molecular complexity index is 781. The van der Waals surface area contributed by atoms with Gasteiger partial charge in [0, 0.05) is 18.3 Å². The fourth-order valence-corrected chi connectivity index (χ4v) is 3.20. The van der Waals surface area contributed by atoms with Crippen molar-refractivity contribution in [3.8, 4) is 11.5 Å². The number of nitrogens with one attached hydrogen (secondary N) is 1. The molecule has 1 atom stereocenters. The van der Waals surface area contributed by atoms with Crippen molar-refractivity contribution in [3.63, 3.8) is 0 Å². The van der Waals surface area contributed by atoms with Crippen molar-refractivity contribution in [2.75, 3.05) is 18.4 Å². The third-order valence-electron chi connectivity index (χ3n) is 3.63. The highest BCUT2D eigenvalue weighted by molar-refractivity contribution is 7.13. The maximum Gasteiger partial charge on any atom is 0.573 e. The number of aryl methyl sites for hydroxylation is 1. The SMILES string of the molecule is Cc1csc(NC(=O)N2CC[C@H](Oc3ccccc3OC(F)(F)F)C2)n1. The highest BCUT2D eigenvalue weighted by Crippen LogP contribution is 2.33. The number of urea groups is 1. The van der Waals surface area contributed by atoms with Crippen LogP contribution in [0.5, 0.6) is 11.5 Å². The predicted molar refractivity (Wildman–Crippen MR) is 89.6 cm³/mol. The lowest BCUT2D eigenvalue weighted by atomic mass is 10.3. The molecule has 26 heavy (non-hydrogen) atoms. The summed E-state index contributed by atoms with van der Waals surface area (Å²) >= 11 is 1.32. The van der Waals surface area contributed by atoms with E-state index in [1.54, 1.807) is 6.07 Å². The number of likely N-dealkylation sites (tertiary alicyclic amines) is 1. The number of hydrogen-bond acceptors (Lipinski definition) is 5. The molecule has 6 nitrogen and oxygen atoms in total. The number of rotatable bonds is 4. The van der Waals surface area contributed by atoms with Gasteiger partial charge in [0.2, 0.25) is 0 Å². The summed E-state index contributed by atoms with van der Waals surface area (Å²) in [5.41, 5.74) is 0.814. The number of carbonyl (C=O) groups excluding carboxylic acids is 1. The second kappa shape index (κ2) is 7.40. The maximum absolute atomic E-state index is 12.5. The first-order valence-corrected chi connectivity index (χ1v) is 8.67. The third kappa shape index (κ3) is 4.78. The predicted octanol–water partition coefficient (Wildman–Crippen LogP) is 4.04. The number of para-hydroxylation sites is 2. The number of benzene rings is 1. The van der Waals surface area contributed by atoms with Crippen molar-refractivity contribution in [1.82, 2.24) is 9.88 Å². The lowest BCUT2D eigenvalue weighted by Gasteiger charge is -2.19. The van der Waals surface area contributed by atoms with Crippen molar-refractivity contribution in [1.29, 1.82) is 0 Å². The van der Waals surface area contributed by atoms with Gasteiger partial charge in [-0.3, -0.25) is 5.32 Å². The Morgan fingerprint density at radius 1 is 1.35 bits per heavy atom. The van der Waals surface area contributed by atoms with Crippen molar-refractivity contribution in [2.24, 2.45) is 0 Å². The van der Waals surface area contributed by atoms with Crippen LogP contribution in [0.3, 0.4) is 0 Å². The second-order valence-corrected chi connectivity index (χ2v) is 6.55. The van der Waals surface area contributed by atoms with Gasteiger partial charge in [0.1, 0.15) is 6.10 Å². The van der Waals surface area contributed by atoms with Gasteiger partial charge in [0.25, 0.3) is 0 Å². The highest BCUT2D eigenvalue weighted by Gasteiger charge is 2.33. The molecule has 10 heteroatoms. The molecule has 1 aromatic carbocycles. The summed E-state index contributed by atoms with van der Waals surface area (Å²) in [6, 6.07) is 5.27. The molecular formula is C16H16F3N3O3S. The monoisotopic (exact) mass is 387 g/mol. The van der Waals surface area contributed by atoms with Crippen LogP contribution in [0.25, 0.3) is 0 Å². The quantitative estimate of drug-likeness (QED) is 0.860. The number of ether oxygens (including phenoxy) is 2. The molecule has 1 saturated heterocycles. The van der Waals surface area contributed by atoms with Crippen LogP contribution in [-0.2, 0) is 0 Å². The number of carbonyl (C=O) groups is 1. The minimum Gasteiger partial charge on any atom is -0.485 e. The van der Waals surface area contributed by atoms with Crippen molar-refractivity contribution in [2.45, 2.75) is 25.8 Å². The molecule has 140 valence electrons. The molecular weight excluding hydrogens is 371 g/mol. The zero-order valence-electron chi connectivity index (χ0n) is 13.7. The summed E-state index contributed by atoms with van der Waals surface area (Å²) in [4.78, 5) is 17.9. The lowest BCUT2D eigenvalue weighted by molar-refractivity contribution is -0.275. The molecule has 0 radical (unpaired) electrons. The van der Waals surface area contributed by atoms with E-state index in [1.165, 1.54) is 34.4 Å². The molecule has 0 spiro atoms. The molecule has 0 aliphatic carbocycles. The van der Waals surface area contributed by atoms with Gasteiger partial charge in [-0.05, 0) is 19.1 Å². The van der Waals surface area contributed by atoms with E-state index in [9.17, 15) is 18.0 Å². The standard InChI is InChI=1S/C16H16F3N3O3S/c1-10-9-26-14(20-10)21-15(23)22-7-6-11(8-22)24-12-4-2-3-5-13(12)25-16(17,18)19/h2-5,9,11H,6-8H2,1H3,(H,20,21,23)/t11-/m0/s1. The molecule has 1 fully saturated rings. The van der Waals surface area contributed by atoms with Crippen LogP contribution >= 0.6 is 11.3 Å². The average Bonchev–Trinajstić information content (AvgIpc) is 3.17. The molecule has 2 heterocycles. The number of thiazole rings is 1. The summed E-state index contributed by atoms with van der Waals surface area (Å²) in [6.07, 6.45) is -4.71. The molecule has 1 aromatic heterocycles. The van der Waals surface area contributed by atoms with E-state index >= 15 is 0 Å². The van der Waals surface area contributed by atoms with Crippen LogP contribution in [-0.4, -0.2) is 41.5 Å². The largest absolute Gasteiger partial charge is 0.573 e. The molecule has 1 N–H and O–H groups in total. The third-order valence-corrected chi connectivity index (χ3v) is 4.51. The molecule has 2 aromatic rings. The highest BCUT2D eigenvalue weighted by atomic mass is 32.1. The topological polar surface area (TPSA) is 63.7 Å². The maximum atomic E-state index is 12.5. The Balaban J connectivity index is 1.59. The van der Waals surface area contributed by atoms with Gasteiger partial charge in [-0.15, -0.1) is 24.5 Å². The van der Waals surface area contributed by atoms with Crippen LogP contribution in [0, 0.1) is 6.92 Å². The molecule has 0 bridgehead atoms. The number of alkyl halides is 3. The number of hydrogen-bond donors (Lipinski definition) is 1. The zero-order valence-corrected chi connectivity index (χ0v) is 14.6. The summed E-state index contributed by atoms with van der Waals surface area (Å²) < 4.78 is 47.0. The van der Waals surface area contributed by atoms with Crippen LogP contribution < -0.4 is 14.8 Å². The van der Waals surface area contributed by atoms with Crippen molar-refractivity contribution < 1.29 is 27.4 Å². The lowest BCUT2D eigenvalue weighted by Crippen LogP contribution is -2.34. The molecule has 1 aliphatic rings. The Kier molecular flexibility index (Phi) is 5.21. The first-order valence-electron chi connectivity index (χ1n) is 7.79. The van der Waals surface area contributed by atoms with Crippen LogP contribution in [0.4, 0.5) is 23.1 Å². The fraction of sp³-hybridized carbons (Fsp3) is 0.375. The average molecular weight is 387 g/mol. The number of anilines is 1. The smallest absolute Gasteiger partial charge is 0.485 e. The Labute approximate surface area is 151 Å². The van der Waals surface area contributed by atoms with Gasteiger partial charge < -0.3 is 14.4 Å². The van der Waals surface area contributed by atoms with E-state index in [1.807, 2.05) is 12.3 Å². The van der Waals surface area contributed by atoms with E-state index in [-0.39, 0.29) is 18.3 Å². The van der Waals surface area contributed by atoms with E-state index in [4.69, 9.17) is 4.74 Å². The zero-order chi connectivity index (χ0) is 18.7. The van der Waals surface area contributed by atoms with Gasteiger partial charge in [-0.2, -0.15) is 0 Å². The summed E-state index contributed by atoms with van der Waals surface area (Å²) in [7, 11) is 0. The van der Waals surface area contributed by atoms with Crippen LogP contribution in [0.1, 0.15) is 12.1 Å². The normalized spacial score (nSPS) is 17.2. The van der Waals surface area contributed by atoms with E-state index in [2.05, 4.69) is 15.0 Å². The molecule has 0 unspecified atom stereocenters. The molecule has 3 rings (SSSR count). The minimum absolute atomic E-state index is 0.00682. The van der Waals surface area contributed by atoms with Gasteiger partial charge in [0.15, 0.2) is 16.6 Å². The van der Waals surface area contributed by atoms with Gasteiger partial charge in [0.05, 0.1) is 12.2 Å². The summed E-state index contributed by atoms with van der Waals surface area (Å²) in [5, 5.41) is 5.02. The molecule has 1 aliphatic heterocycles. The second-order valence-electron chi connectivity index (χ2n) is 5.69. The Morgan fingerprint density at radius 3 is 2.73 bits per heavy atom. The van der Waals surface area contributed by atoms with Crippen molar-refractivity contribution in [3.05, 3.63) is 35.3 Å². The summed E-state index contributed by atoms with van der Waals surface area (Å²) in [6.45, 7) is 2.52. The molecule has 2 amide bonds. The Hall–Kier alpha value is -2.49. The number of amides is 2. The first kappa shape index (κ1) is 18.3. The van der Waals surface area contributed by atoms with E-state index in [0.29, 0.717) is 18.1 Å². The van der Waals surface area contributed by atoms with Gasteiger partial charge in [-0.25, -0.2) is 9.78 Å². The van der Waals surface area contributed by atoms with Gasteiger partial charge >= 0.3 is 12.4 Å². The number of halogens is 3. The molecule has 0 saturated carbocycles. The number of aromatic nitrogens is 1. The first-order chi connectivity index (χ1) is 12.3.